The number of nitrogens with zero attached hydrogens (tertiary/aromatic N) is 10. The molecule has 2 fully saturated rings. The van der Waals surface area contributed by atoms with Crippen LogP contribution in [0.2, 0.25) is 0 Å². The Hall–Kier alpha value is -7.67. The van der Waals surface area contributed by atoms with E-state index in [1.165, 1.54) is 49.8 Å². The van der Waals surface area contributed by atoms with Crippen molar-refractivity contribution in [2.75, 3.05) is 11.5 Å². The van der Waals surface area contributed by atoms with Crippen LogP contribution in [-0.2, 0) is 17.3 Å². The van der Waals surface area contributed by atoms with E-state index in [-0.39, 0.29) is 51.6 Å². The molecule has 1 saturated heterocycles. The Morgan fingerprint density at radius 2 is 1.68 bits per heavy atom. The molecule has 2 aliphatic heterocycles. The fraction of sp³-hybridized carbons (Fsp3) is 0.327. The average Bonchev–Trinajstić information content (AvgIpc) is 4.06. The number of nitrogens with one attached hydrogen (secondary N) is 1. The maximum absolute atomic E-state index is 16.2. The highest BCUT2D eigenvalue weighted by atomic mass is 19.1. The van der Waals surface area contributed by atoms with Crippen molar-refractivity contribution in [1.29, 1.82) is 0 Å². The third kappa shape index (κ3) is 5.90. The fourth-order valence-electron chi connectivity index (χ4n) is 11.0. The zero-order chi connectivity index (χ0) is 47.3. The maximum atomic E-state index is 16.2. The summed E-state index contributed by atoms with van der Waals surface area (Å²) in [5, 5.41) is 14.5. The molecule has 9 aromatic rings. The largest absolute Gasteiger partial charge is 0.438 e. The van der Waals surface area contributed by atoms with Gasteiger partial charge in [0.1, 0.15) is 22.7 Å². The molecule has 1 amide bonds. The second-order valence-corrected chi connectivity index (χ2v) is 19.1. The number of amides is 1. The first-order valence-electron chi connectivity index (χ1n) is 22.5. The van der Waals surface area contributed by atoms with Crippen molar-refractivity contribution in [1.82, 2.24) is 48.4 Å². The van der Waals surface area contributed by atoms with E-state index in [2.05, 4.69) is 46.2 Å². The van der Waals surface area contributed by atoms with Gasteiger partial charge in [-0.25, -0.2) is 28.0 Å². The molecule has 3 aromatic carbocycles. The molecule has 68 heavy (non-hydrogen) atoms. The van der Waals surface area contributed by atoms with Crippen molar-refractivity contribution in [3.8, 4) is 28.6 Å². The van der Waals surface area contributed by atoms with E-state index in [1.807, 2.05) is 23.6 Å². The van der Waals surface area contributed by atoms with Crippen LogP contribution < -0.4 is 16.3 Å². The predicted molar refractivity (Wildman–Crippen MR) is 245 cm³/mol. The molecule has 3 aliphatic rings. The molecule has 0 unspecified atom stereocenters. The molecule has 346 valence electrons. The number of carbonyl (C=O) groups excluding carboxylic acids is 1. The third-order valence-electron chi connectivity index (χ3n) is 14.4. The molecule has 6 aromatic heterocycles. The van der Waals surface area contributed by atoms with Gasteiger partial charge in [-0.2, -0.15) is 10.2 Å². The molecule has 4 atom stereocenters. The molecule has 17 nitrogen and oxygen atoms in total. The van der Waals surface area contributed by atoms with Crippen molar-refractivity contribution in [3.05, 3.63) is 140 Å². The lowest BCUT2D eigenvalue weighted by Crippen LogP contribution is -2.39. The lowest BCUT2D eigenvalue weighted by atomic mass is 9.83. The van der Waals surface area contributed by atoms with Gasteiger partial charge in [-0.05, 0) is 125 Å². The van der Waals surface area contributed by atoms with Crippen LogP contribution in [0.1, 0.15) is 97.5 Å². The standard InChI is InChI=1S/C49H45F2N11O6/c1-24-16-31(17-25(2)38(24)50)62-42(59-14-13-58(47(59)65)35-11-10-34-32(39(35)51)22-53-57(34)7)37-27(4)60(44-41(40(37)55-62)52-23-66-44)43(63)36-19-30-18-28(29-12-15-67-48(5,6)21-29)8-9-33(30)61(36)49(20-26(49)3)45-54-46(64)68-56-45/h8-11,13-14,16-19,22-23,26-27,29H,12,15,20-21H2,1-7H3,(H,54,56,64)/t26-,27-,29-,49-/m0/s1. The summed E-state index contributed by atoms with van der Waals surface area (Å²) in [4.78, 5) is 52.2. The summed E-state index contributed by atoms with van der Waals surface area (Å²) in [6.45, 7) is 11.9. The lowest BCUT2D eigenvalue weighted by Gasteiger charge is -2.35. The molecule has 1 N–H and O–H groups in total. The summed E-state index contributed by atoms with van der Waals surface area (Å²) in [7, 11) is 1.70. The normalized spacial score (nSPS) is 20.9. The van der Waals surface area contributed by atoms with E-state index >= 15 is 13.6 Å². The van der Waals surface area contributed by atoms with Crippen LogP contribution in [0.4, 0.5) is 14.7 Å². The molecule has 8 heterocycles. The molecule has 0 bridgehead atoms. The van der Waals surface area contributed by atoms with Crippen LogP contribution in [-0.4, -0.2) is 66.5 Å². The van der Waals surface area contributed by atoms with Crippen LogP contribution in [0.25, 0.3) is 50.4 Å². The van der Waals surface area contributed by atoms with Crippen LogP contribution in [0, 0.1) is 31.4 Å². The number of halogens is 2. The zero-order valence-corrected chi connectivity index (χ0v) is 38.2. The number of carbonyl (C=O) groups is 1. The number of ether oxygens (including phenoxy) is 1. The van der Waals surface area contributed by atoms with Gasteiger partial charge in [0.2, 0.25) is 5.88 Å². The number of H-pyrrole nitrogens is 1. The Morgan fingerprint density at radius 1 is 0.926 bits per heavy atom. The first-order valence-corrected chi connectivity index (χ1v) is 22.5. The van der Waals surface area contributed by atoms with Crippen molar-refractivity contribution >= 4 is 33.6 Å². The number of fused-ring (bicyclic) bond motifs is 5. The third-order valence-corrected chi connectivity index (χ3v) is 14.4. The quantitative estimate of drug-likeness (QED) is 0.164. The summed E-state index contributed by atoms with van der Waals surface area (Å²) < 4.78 is 56.3. The van der Waals surface area contributed by atoms with E-state index in [9.17, 15) is 9.59 Å². The summed E-state index contributed by atoms with van der Waals surface area (Å²) in [5.74, 6) is -1.43. The number of aromatic amines is 1. The molecule has 1 aliphatic carbocycles. The molecular formula is C49H45F2N11O6. The lowest BCUT2D eigenvalue weighted by molar-refractivity contribution is -0.0592. The minimum atomic E-state index is -0.950. The van der Waals surface area contributed by atoms with Crippen LogP contribution in [0.3, 0.4) is 0 Å². The Morgan fingerprint density at radius 3 is 2.40 bits per heavy atom. The highest BCUT2D eigenvalue weighted by Gasteiger charge is 2.59. The van der Waals surface area contributed by atoms with E-state index in [0.717, 1.165) is 29.3 Å². The minimum Gasteiger partial charge on any atom is -0.427 e. The second kappa shape index (κ2) is 14.4. The number of aromatic nitrogens is 10. The van der Waals surface area contributed by atoms with Gasteiger partial charge in [0.05, 0.1) is 40.1 Å². The van der Waals surface area contributed by atoms with Gasteiger partial charge in [-0.3, -0.25) is 33.0 Å². The van der Waals surface area contributed by atoms with Crippen molar-refractivity contribution in [3.63, 3.8) is 0 Å². The van der Waals surface area contributed by atoms with Gasteiger partial charge in [-0.15, -0.1) is 0 Å². The number of rotatable bonds is 7. The monoisotopic (exact) mass is 921 g/mol. The summed E-state index contributed by atoms with van der Waals surface area (Å²) in [6, 6.07) is 13.7. The Balaban J connectivity index is 1.06. The van der Waals surface area contributed by atoms with E-state index < -0.39 is 40.6 Å². The number of aryl methyl sites for hydroxylation is 3. The first kappa shape index (κ1) is 41.7. The molecular weight excluding hydrogens is 877 g/mol. The van der Waals surface area contributed by atoms with Gasteiger partial charge in [0, 0.05) is 42.5 Å². The highest BCUT2D eigenvalue weighted by molar-refractivity contribution is 6.10. The van der Waals surface area contributed by atoms with Gasteiger partial charge in [0.15, 0.2) is 29.5 Å². The minimum absolute atomic E-state index is 0.000461. The van der Waals surface area contributed by atoms with Crippen LogP contribution >= 0.6 is 0 Å². The topological polar surface area (TPSA) is 182 Å². The summed E-state index contributed by atoms with van der Waals surface area (Å²) in [6.07, 6.45) is 7.83. The average molecular weight is 922 g/mol. The van der Waals surface area contributed by atoms with Gasteiger partial charge < -0.3 is 13.7 Å². The predicted octanol–water partition coefficient (Wildman–Crippen LogP) is 8.06. The van der Waals surface area contributed by atoms with Gasteiger partial charge >= 0.3 is 11.4 Å². The molecule has 0 radical (unpaired) electrons. The van der Waals surface area contributed by atoms with Crippen molar-refractivity contribution in [2.45, 2.75) is 83.9 Å². The Labute approximate surface area is 385 Å². The highest BCUT2D eigenvalue weighted by Crippen LogP contribution is 2.56. The molecule has 1 saturated carbocycles. The SMILES string of the molecule is Cc1cc(-n2nc3c(c2-n2ccn(-c4ccc5c(cnn5C)c4F)c2=O)[C@H](C)N(C(=O)c2cc4cc([C@H]5CCOC(C)(C)C5)ccc4n2[C@@]2(c4noc(=O)[nH]4)C[C@@H]2C)c2ocnc2-3)cc(C)c1F. The number of benzene rings is 3. The second-order valence-electron chi connectivity index (χ2n) is 19.1. The smallest absolute Gasteiger partial charge is 0.427 e. The molecule has 0 spiro atoms. The van der Waals surface area contributed by atoms with Crippen LogP contribution in [0.15, 0.2) is 92.0 Å². The summed E-state index contributed by atoms with van der Waals surface area (Å²) in [5.41, 5.74) is 2.89. The number of imidazole rings is 1. The zero-order valence-electron chi connectivity index (χ0n) is 38.2. The van der Waals surface area contributed by atoms with Gasteiger partial charge in [-0.1, -0.05) is 18.1 Å². The van der Waals surface area contributed by atoms with Crippen molar-refractivity contribution in [2.24, 2.45) is 13.0 Å². The van der Waals surface area contributed by atoms with E-state index in [1.54, 1.807) is 50.7 Å². The van der Waals surface area contributed by atoms with E-state index in [4.69, 9.17) is 18.8 Å². The fourth-order valence-corrected chi connectivity index (χ4v) is 11.0. The molecule has 12 rings (SSSR count). The summed E-state index contributed by atoms with van der Waals surface area (Å²) >= 11 is 0. The van der Waals surface area contributed by atoms with Crippen molar-refractivity contribution < 1.29 is 27.3 Å². The number of oxazole rings is 1. The number of hydrogen-bond acceptors (Lipinski definition) is 10. The number of hydrogen-bond donors (Lipinski definition) is 1. The maximum Gasteiger partial charge on any atom is 0.438 e. The first-order chi connectivity index (χ1) is 32.6. The van der Waals surface area contributed by atoms with Gasteiger partial charge in [0.25, 0.3) is 5.91 Å². The number of anilines is 1. The van der Waals surface area contributed by atoms with Crippen LogP contribution in [0.5, 0.6) is 0 Å². The Bertz CT molecular complexity index is 3690. The molecule has 19 heteroatoms. The van der Waals surface area contributed by atoms with E-state index in [0.29, 0.717) is 52.4 Å². The Kier molecular flexibility index (Phi) is 8.85.